The molecule has 1 aromatic heterocycles. The molecule has 0 amide bonds. The summed E-state index contributed by atoms with van der Waals surface area (Å²) in [4.78, 5) is 11.3. The Bertz CT molecular complexity index is 202. The first-order valence-electron chi connectivity index (χ1n) is 2.58. The fraction of sp³-hybridized carbons (Fsp3) is 0.167. The minimum absolute atomic E-state index is 0.431. The Kier molecular flexibility index (Phi) is 1.53. The maximum atomic E-state index is 3.86. The van der Waals surface area contributed by atoms with Crippen molar-refractivity contribution in [2.45, 2.75) is 6.92 Å². The molecule has 1 rings (SSSR count). The predicted octanol–water partition coefficient (Wildman–Crippen LogP) is 1.12. The molecule has 0 aliphatic heterocycles. The van der Waals surface area contributed by atoms with Crippen LogP contribution < -0.4 is 0 Å². The molecule has 0 N–H and O–H groups in total. The minimum Gasteiger partial charge on any atom is -0.228 e. The van der Waals surface area contributed by atoms with E-state index in [-0.39, 0.29) is 0 Å². The summed E-state index contributed by atoms with van der Waals surface area (Å²) >= 11 is 0. The van der Waals surface area contributed by atoms with Crippen molar-refractivity contribution < 1.29 is 0 Å². The zero-order chi connectivity index (χ0) is 6.69. The Morgan fingerprint density at radius 3 is 2.44 bits per heavy atom. The molecule has 1 heterocycles. The zero-order valence-electron chi connectivity index (χ0n) is 5.20. The molecule has 0 bridgehead atoms. The van der Waals surface area contributed by atoms with Gasteiger partial charge in [-0.15, -0.1) is 0 Å². The van der Waals surface area contributed by atoms with Crippen molar-refractivity contribution >= 4 is 12.7 Å². The van der Waals surface area contributed by atoms with Crippen molar-refractivity contribution in [1.82, 2.24) is 9.97 Å². The van der Waals surface area contributed by atoms with Crippen LogP contribution in [0.2, 0.25) is 0 Å². The van der Waals surface area contributed by atoms with E-state index in [9.17, 15) is 0 Å². The van der Waals surface area contributed by atoms with Crippen LogP contribution >= 0.6 is 0 Å². The highest BCUT2D eigenvalue weighted by Crippen LogP contribution is 1.99. The van der Waals surface area contributed by atoms with Crippen LogP contribution in [0.5, 0.6) is 0 Å². The smallest absolute Gasteiger partial charge is 0.228 e. The molecule has 0 fully saturated rings. The molecule has 0 unspecified atom stereocenters. The Hall–Kier alpha value is -1.25. The Balaban J connectivity index is 3.01. The van der Waals surface area contributed by atoms with Crippen LogP contribution in [0.25, 0.3) is 0 Å². The van der Waals surface area contributed by atoms with Gasteiger partial charge in [0.25, 0.3) is 0 Å². The van der Waals surface area contributed by atoms with Gasteiger partial charge in [-0.1, -0.05) is 0 Å². The van der Waals surface area contributed by atoms with Gasteiger partial charge >= 0.3 is 0 Å². The third-order valence-corrected chi connectivity index (χ3v) is 0.909. The molecule has 46 valence electrons. The highest BCUT2D eigenvalue weighted by atomic mass is 15.0. The maximum absolute atomic E-state index is 3.86. The van der Waals surface area contributed by atoms with Gasteiger partial charge in [0, 0.05) is 12.4 Å². The summed E-state index contributed by atoms with van der Waals surface area (Å²) in [6.45, 7) is 5.21. The van der Waals surface area contributed by atoms with Crippen LogP contribution in [0.1, 0.15) is 5.56 Å². The molecule has 0 saturated carbocycles. The van der Waals surface area contributed by atoms with E-state index in [4.69, 9.17) is 0 Å². The molecule has 0 atom stereocenters. The lowest BCUT2D eigenvalue weighted by Crippen LogP contribution is -1.79. The third kappa shape index (κ3) is 1.32. The average Bonchev–Trinajstić information content (AvgIpc) is 1.90. The second-order valence-corrected chi connectivity index (χ2v) is 1.72. The van der Waals surface area contributed by atoms with E-state index in [0.717, 1.165) is 5.56 Å². The first kappa shape index (κ1) is 5.88. The fourth-order valence-corrected chi connectivity index (χ4v) is 0.467. The monoisotopic (exact) mass is 121 g/mol. The average molecular weight is 121 g/mol. The Morgan fingerprint density at radius 2 is 2.00 bits per heavy atom. The van der Waals surface area contributed by atoms with E-state index in [2.05, 4.69) is 21.7 Å². The number of hydrogen-bond donors (Lipinski definition) is 0. The number of rotatable bonds is 1. The number of aryl methyl sites for hydroxylation is 1. The summed E-state index contributed by atoms with van der Waals surface area (Å²) < 4.78 is 0. The van der Waals surface area contributed by atoms with E-state index in [1.807, 2.05) is 6.92 Å². The number of aliphatic imine (C=N–C) groups is 1. The molecule has 0 aliphatic carbocycles. The standard InChI is InChI=1S/C6H7N3/c1-5-3-8-6(7-2)9-4-5/h3-4H,2H2,1H3. The van der Waals surface area contributed by atoms with Gasteiger partial charge in [0.1, 0.15) is 0 Å². The molecule has 0 aliphatic rings. The SMILES string of the molecule is C=Nc1ncc(C)cn1. The summed E-state index contributed by atoms with van der Waals surface area (Å²) in [6.07, 6.45) is 3.41. The van der Waals surface area contributed by atoms with Crippen molar-refractivity contribution in [2.24, 2.45) is 4.99 Å². The van der Waals surface area contributed by atoms with Gasteiger partial charge in [0.05, 0.1) is 0 Å². The van der Waals surface area contributed by atoms with Crippen molar-refractivity contribution in [3.63, 3.8) is 0 Å². The van der Waals surface area contributed by atoms with Gasteiger partial charge in [-0.3, -0.25) is 0 Å². The second-order valence-electron chi connectivity index (χ2n) is 1.72. The van der Waals surface area contributed by atoms with Crippen molar-refractivity contribution in [3.05, 3.63) is 18.0 Å². The van der Waals surface area contributed by atoms with Gasteiger partial charge in [-0.05, 0) is 19.2 Å². The molecule has 3 heteroatoms. The maximum Gasteiger partial charge on any atom is 0.248 e. The predicted molar refractivity (Wildman–Crippen MR) is 36.0 cm³/mol. The Labute approximate surface area is 53.5 Å². The molecule has 1 aromatic rings. The largest absolute Gasteiger partial charge is 0.248 e. The molecule has 0 saturated heterocycles. The topological polar surface area (TPSA) is 38.1 Å². The van der Waals surface area contributed by atoms with Crippen LogP contribution in [0.4, 0.5) is 5.95 Å². The van der Waals surface area contributed by atoms with Gasteiger partial charge in [-0.25, -0.2) is 15.0 Å². The Morgan fingerprint density at radius 1 is 1.44 bits per heavy atom. The van der Waals surface area contributed by atoms with Crippen molar-refractivity contribution in [1.29, 1.82) is 0 Å². The molecule has 0 spiro atoms. The van der Waals surface area contributed by atoms with Crippen LogP contribution in [0.3, 0.4) is 0 Å². The highest BCUT2D eigenvalue weighted by Gasteiger charge is 1.86. The summed E-state index contributed by atoms with van der Waals surface area (Å²) in [5, 5.41) is 0. The van der Waals surface area contributed by atoms with Crippen molar-refractivity contribution in [3.8, 4) is 0 Å². The van der Waals surface area contributed by atoms with Crippen LogP contribution in [-0.4, -0.2) is 16.7 Å². The lowest BCUT2D eigenvalue weighted by Gasteiger charge is -1.88. The van der Waals surface area contributed by atoms with Gasteiger partial charge in [0.2, 0.25) is 5.95 Å². The first-order chi connectivity index (χ1) is 4.33. The normalized spacial score (nSPS) is 9.00. The molecule has 9 heavy (non-hydrogen) atoms. The molecular weight excluding hydrogens is 114 g/mol. The van der Waals surface area contributed by atoms with Gasteiger partial charge in [-0.2, -0.15) is 0 Å². The summed E-state index contributed by atoms with van der Waals surface area (Å²) in [6, 6.07) is 0. The van der Waals surface area contributed by atoms with Gasteiger partial charge < -0.3 is 0 Å². The summed E-state index contributed by atoms with van der Waals surface area (Å²) in [7, 11) is 0. The zero-order valence-corrected chi connectivity index (χ0v) is 5.20. The number of aromatic nitrogens is 2. The van der Waals surface area contributed by atoms with E-state index >= 15 is 0 Å². The third-order valence-electron chi connectivity index (χ3n) is 0.909. The van der Waals surface area contributed by atoms with E-state index in [1.165, 1.54) is 0 Å². The van der Waals surface area contributed by atoms with Crippen LogP contribution in [0.15, 0.2) is 17.4 Å². The lowest BCUT2D eigenvalue weighted by molar-refractivity contribution is 1.11. The molecule has 0 radical (unpaired) electrons. The second kappa shape index (κ2) is 2.35. The fourth-order valence-electron chi connectivity index (χ4n) is 0.467. The lowest BCUT2D eigenvalue weighted by atomic mass is 10.4. The number of nitrogens with zero attached hydrogens (tertiary/aromatic N) is 3. The van der Waals surface area contributed by atoms with Gasteiger partial charge in [0.15, 0.2) is 0 Å². The van der Waals surface area contributed by atoms with Crippen LogP contribution in [-0.2, 0) is 0 Å². The molecule has 3 nitrogen and oxygen atoms in total. The first-order valence-corrected chi connectivity index (χ1v) is 2.58. The van der Waals surface area contributed by atoms with E-state index in [0.29, 0.717) is 5.95 Å². The van der Waals surface area contributed by atoms with E-state index < -0.39 is 0 Å². The quantitative estimate of drug-likeness (QED) is 0.522. The highest BCUT2D eigenvalue weighted by molar-refractivity contribution is 5.33. The molecular formula is C6H7N3. The summed E-state index contributed by atoms with van der Waals surface area (Å²) in [5.74, 6) is 0.431. The van der Waals surface area contributed by atoms with Crippen LogP contribution in [0, 0.1) is 6.92 Å². The minimum atomic E-state index is 0.431. The number of hydrogen-bond acceptors (Lipinski definition) is 3. The van der Waals surface area contributed by atoms with E-state index in [1.54, 1.807) is 12.4 Å². The molecule has 0 aromatic carbocycles. The van der Waals surface area contributed by atoms with Crippen molar-refractivity contribution in [2.75, 3.05) is 0 Å². The summed E-state index contributed by atoms with van der Waals surface area (Å²) in [5.41, 5.74) is 1.03.